The number of hydrogen-bond donors (Lipinski definition) is 4. The second kappa shape index (κ2) is 14.8. The number of rotatable bonds is 14. The van der Waals surface area contributed by atoms with E-state index < -0.39 is 17.6 Å². The molecule has 1 heterocycles. The molecule has 0 saturated heterocycles. The average Bonchev–Trinajstić information content (AvgIpc) is 2.93. The number of carbonyl (C=O) groups is 2. The van der Waals surface area contributed by atoms with Crippen LogP contribution in [0.4, 0.5) is 34.9 Å². The lowest BCUT2D eigenvalue weighted by molar-refractivity contribution is -0.137. The first-order valence-electron chi connectivity index (χ1n) is 12.6. The largest absolute Gasteiger partial charge is 0.418 e. The maximum atomic E-state index is 13.3. The van der Waals surface area contributed by atoms with Gasteiger partial charge in [0, 0.05) is 50.7 Å². The smallest absolute Gasteiger partial charge is 0.381 e. The number of amides is 2. The van der Waals surface area contributed by atoms with Crippen molar-refractivity contribution in [3.63, 3.8) is 0 Å². The van der Waals surface area contributed by atoms with Crippen molar-refractivity contribution in [3.05, 3.63) is 77.4 Å². The summed E-state index contributed by atoms with van der Waals surface area (Å²) in [4.78, 5) is 32.2. The van der Waals surface area contributed by atoms with Crippen molar-refractivity contribution in [1.82, 2.24) is 20.6 Å². The van der Waals surface area contributed by atoms with E-state index >= 15 is 0 Å². The zero-order chi connectivity index (χ0) is 29.0. The molecule has 0 aliphatic rings. The molecule has 214 valence electrons. The Bertz CT molecular complexity index is 1250. The molecule has 0 aliphatic heterocycles. The van der Waals surface area contributed by atoms with Crippen LogP contribution in [0.2, 0.25) is 0 Å². The summed E-state index contributed by atoms with van der Waals surface area (Å²) in [6.45, 7) is 3.79. The predicted octanol–water partition coefficient (Wildman–Crippen LogP) is 4.65. The highest BCUT2D eigenvalue weighted by molar-refractivity contribution is 5.93. The zero-order valence-electron chi connectivity index (χ0n) is 21.8. The molecule has 4 N–H and O–H groups in total. The van der Waals surface area contributed by atoms with Gasteiger partial charge in [-0.25, -0.2) is 14.4 Å². The van der Waals surface area contributed by atoms with Crippen molar-refractivity contribution in [1.29, 1.82) is 0 Å². The van der Waals surface area contributed by atoms with Crippen LogP contribution >= 0.6 is 0 Å². The summed E-state index contributed by atoms with van der Waals surface area (Å²) in [6.07, 6.45) is -1.11. The Hall–Kier alpha value is -4.26. The number of anilines is 3. The first kappa shape index (κ1) is 30.3. The van der Waals surface area contributed by atoms with Crippen LogP contribution in [0.1, 0.15) is 41.3 Å². The minimum Gasteiger partial charge on any atom is -0.381 e. The molecule has 0 saturated carbocycles. The third-order valence-electron chi connectivity index (χ3n) is 5.48. The number of ether oxygens (including phenoxy) is 1. The van der Waals surface area contributed by atoms with Gasteiger partial charge >= 0.3 is 6.18 Å². The summed E-state index contributed by atoms with van der Waals surface area (Å²) >= 11 is 0. The Balaban J connectivity index is 1.30. The molecule has 13 heteroatoms. The van der Waals surface area contributed by atoms with Gasteiger partial charge in [-0.3, -0.25) is 9.59 Å². The summed E-state index contributed by atoms with van der Waals surface area (Å²) in [5, 5.41) is 11.1. The van der Waals surface area contributed by atoms with Gasteiger partial charge in [0.05, 0.1) is 23.4 Å². The number of alkyl halides is 3. The van der Waals surface area contributed by atoms with Gasteiger partial charge in [-0.05, 0) is 49.2 Å². The van der Waals surface area contributed by atoms with Crippen LogP contribution in [0.3, 0.4) is 0 Å². The standard InChI is InChI=1S/C27H30F4N6O3/c1-2-32-26-35-16-19(17-36-26)25(39)33-11-3-12-40-13-10-24(38)34-15-18-4-7-21(8-5-18)37-23-9-6-20(28)14-22(23)27(29,30)31/h4-9,14,16-17,37H,2-3,10-13,15H2,1H3,(H,33,39)(H,34,38)(H,32,35,36). The van der Waals surface area contributed by atoms with Crippen molar-refractivity contribution in [2.45, 2.75) is 32.5 Å². The quantitative estimate of drug-likeness (QED) is 0.167. The molecule has 3 rings (SSSR count). The molecule has 2 aromatic carbocycles. The van der Waals surface area contributed by atoms with E-state index in [1.54, 1.807) is 24.3 Å². The Kier molecular flexibility index (Phi) is 11.2. The van der Waals surface area contributed by atoms with Gasteiger partial charge in [-0.1, -0.05) is 12.1 Å². The lowest BCUT2D eigenvalue weighted by Gasteiger charge is -2.15. The maximum Gasteiger partial charge on any atom is 0.418 e. The molecule has 3 aromatic rings. The van der Waals surface area contributed by atoms with E-state index in [0.29, 0.717) is 49.4 Å². The summed E-state index contributed by atoms with van der Waals surface area (Å²) in [5.74, 6) is -1.03. The summed E-state index contributed by atoms with van der Waals surface area (Å²) < 4.78 is 58.3. The highest BCUT2D eigenvalue weighted by Crippen LogP contribution is 2.36. The Morgan fingerprint density at radius 1 is 0.975 bits per heavy atom. The molecule has 40 heavy (non-hydrogen) atoms. The fourth-order valence-electron chi connectivity index (χ4n) is 3.45. The molecule has 0 radical (unpaired) electrons. The molecular formula is C27H30F4N6O3. The minimum atomic E-state index is -4.70. The van der Waals surface area contributed by atoms with Gasteiger partial charge < -0.3 is 26.0 Å². The van der Waals surface area contributed by atoms with E-state index in [2.05, 4.69) is 31.2 Å². The topological polar surface area (TPSA) is 117 Å². The van der Waals surface area contributed by atoms with Crippen molar-refractivity contribution in [2.24, 2.45) is 0 Å². The molecule has 0 fully saturated rings. The third-order valence-corrected chi connectivity index (χ3v) is 5.48. The molecular weight excluding hydrogens is 532 g/mol. The number of hydrogen-bond acceptors (Lipinski definition) is 7. The molecule has 0 atom stereocenters. The van der Waals surface area contributed by atoms with Crippen LogP contribution in [-0.2, 0) is 22.3 Å². The number of carbonyl (C=O) groups excluding carboxylic acids is 2. The van der Waals surface area contributed by atoms with E-state index in [1.807, 2.05) is 6.92 Å². The Morgan fingerprint density at radius 3 is 2.38 bits per heavy atom. The van der Waals surface area contributed by atoms with E-state index in [1.165, 1.54) is 12.4 Å². The van der Waals surface area contributed by atoms with E-state index in [-0.39, 0.29) is 37.1 Å². The van der Waals surface area contributed by atoms with Crippen molar-refractivity contribution >= 4 is 29.1 Å². The predicted molar refractivity (Wildman–Crippen MR) is 142 cm³/mol. The maximum absolute atomic E-state index is 13.3. The number of benzene rings is 2. The van der Waals surface area contributed by atoms with E-state index in [0.717, 1.165) is 17.7 Å². The Labute approximate surface area is 228 Å². The second-order valence-electron chi connectivity index (χ2n) is 8.58. The van der Waals surface area contributed by atoms with Crippen molar-refractivity contribution in [3.8, 4) is 0 Å². The van der Waals surface area contributed by atoms with E-state index in [9.17, 15) is 27.2 Å². The van der Waals surface area contributed by atoms with Gasteiger partial charge in [-0.2, -0.15) is 13.2 Å². The molecule has 9 nitrogen and oxygen atoms in total. The highest BCUT2D eigenvalue weighted by atomic mass is 19.4. The highest BCUT2D eigenvalue weighted by Gasteiger charge is 2.34. The summed E-state index contributed by atoms with van der Waals surface area (Å²) in [6, 6.07) is 8.88. The van der Waals surface area contributed by atoms with Crippen molar-refractivity contribution < 1.29 is 31.9 Å². The molecule has 1 aromatic heterocycles. The lowest BCUT2D eigenvalue weighted by atomic mass is 10.1. The first-order valence-corrected chi connectivity index (χ1v) is 12.6. The number of nitrogens with zero attached hydrogens (tertiary/aromatic N) is 2. The third kappa shape index (κ3) is 9.80. The summed E-state index contributed by atoms with van der Waals surface area (Å²) in [7, 11) is 0. The first-order chi connectivity index (χ1) is 19.2. The normalized spacial score (nSPS) is 11.1. The minimum absolute atomic E-state index is 0.145. The van der Waals surface area contributed by atoms with Crippen LogP contribution in [0.5, 0.6) is 0 Å². The van der Waals surface area contributed by atoms with E-state index in [4.69, 9.17) is 4.74 Å². The average molecular weight is 563 g/mol. The van der Waals surface area contributed by atoms with Gasteiger partial charge in [0.1, 0.15) is 5.82 Å². The molecule has 0 spiro atoms. The van der Waals surface area contributed by atoms with Gasteiger partial charge in [0.2, 0.25) is 11.9 Å². The van der Waals surface area contributed by atoms with Crippen LogP contribution in [-0.4, -0.2) is 48.1 Å². The molecule has 0 bridgehead atoms. The van der Waals surface area contributed by atoms with Gasteiger partial charge in [0.15, 0.2) is 0 Å². The fourth-order valence-corrected chi connectivity index (χ4v) is 3.45. The summed E-state index contributed by atoms with van der Waals surface area (Å²) in [5.41, 5.74) is 0.118. The number of aromatic nitrogens is 2. The lowest BCUT2D eigenvalue weighted by Crippen LogP contribution is -2.26. The van der Waals surface area contributed by atoms with Gasteiger partial charge in [0.25, 0.3) is 5.91 Å². The monoisotopic (exact) mass is 562 g/mol. The number of nitrogens with one attached hydrogen (secondary N) is 4. The Morgan fingerprint density at radius 2 is 1.70 bits per heavy atom. The van der Waals surface area contributed by atoms with Crippen LogP contribution in [0.25, 0.3) is 0 Å². The molecule has 0 aliphatic carbocycles. The second-order valence-corrected chi connectivity index (χ2v) is 8.58. The SMILES string of the molecule is CCNc1ncc(C(=O)NCCCOCCC(=O)NCc2ccc(Nc3ccc(F)cc3C(F)(F)F)cc2)cn1. The van der Waals surface area contributed by atoms with Crippen LogP contribution in [0.15, 0.2) is 54.9 Å². The molecule has 0 unspecified atom stereocenters. The molecule has 2 amide bonds. The zero-order valence-corrected chi connectivity index (χ0v) is 21.8. The number of halogens is 4. The fraction of sp³-hybridized carbons (Fsp3) is 0.333. The van der Waals surface area contributed by atoms with Crippen LogP contribution < -0.4 is 21.3 Å². The van der Waals surface area contributed by atoms with Gasteiger partial charge in [-0.15, -0.1) is 0 Å². The van der Waals surface area contributed by atoms with Crippen LogP contribution in [0, 0.1) is 5.82 Å². The van der Waals surface area contributed by atoms with Crippen molar-refractivity contribution in [2.75, 3.05) is 36.9 Å².